The number of benzene rings is 2. The van der Waals surface area contributed by atoms with Gasteiger partial charge in [-0.3, -0.25) is 4.79 Å². The highest BCUT2D eigenvalue weighted by Gasteiger charge is 2.11. The van der Waals surface area contributed by atoms with Gasteiger partial charge < -0.3 is 9.69 Å². The van der Waals surface area contributed by atoms with E-state index in [0.717, 1.165) is 17.4 Å². The van der Waals surface area contributed by atoms with E-state index in [2.05, 4.69) is 0 Å². The number of hydrogen-bond acceptors (Lipinski definition) is 2. The zero-order valence-electron chi connectivity index (χ0n) is 11.5. The van der Waals surface area contributed by atoms with Crippen molar-refractivity contribution in [2.45, 2.75) is 13.0 Å². The fraction of sp³-hybridized carbons (Fsp3) is 0.176. The second-order valence-electron chi connectivity index (χ2n) is 4.71. The Morgan fingerprint density at radius 2 is 1.65 bits per heavy atom. The summed E-state index contributed by atoms with van der Waals surface area (Å²) < 4.78 is 0. The standard InChI is InChI=1S/C17H17NO2/c1-18(13-15-5-3-2-4-6-15)17(20)16-9-7-14(8-10-16)11-12-19/h2-10,12H,11,13H2,1H3. The summed E-state index contributed by atoms with van der Waals surface area (Å²) in [5, 5.41) is 0. The van der Waals surface area contributed by atoms with Crippen molar-refractivity contribution >= 4 is 12.2 Å². The summed E-state index contributed by atoms with van der Waals surface area (Å²) in [5.74, 6) is -0.0218. The molecule has 3 nitrogen and oxygen atoms in total. The second kappa shape index (κ2) is 6.66. The summed E-state index contributed by atoms with van der Waals surface area (Å²) in [6, 6.07) is 17.0. The molecular formula is C17H17NO2. The largest absolute Gasteiger partial charge is 0.337 e. The van der Waals surface area contributed by atoms with Gasteiger partial charge in [0.05, 0.1) is 0 Å². The Morgan fingerprint density at radius 1 is 1.00 bits per heavy atom. The fourth-order valence-electron chi connectivity index (χ4n) is 2.03. The highest BCUT2D eigenvalue weighted by atomic mass is 16.2. The van der Waals surface area contributed by atoms with E-state index in [4.69, 9.17) is 0 Å². The van der Waals surface area contributed by atoms with Gasteiger partial charge in [-0.15, -0.1) is 0 Å². The molecule has 20 heavy (non-hydrogen) atoms. The minimum Gasteiger partial charge on any atom is -0.337 e. The molecule has 0 aromatic heterocycles. The summed E-state index contributed by atoms with van der Waals surface area (Å²) in [5.41, 5.74) is 2.65. The smallest absolute Gasteiger partial charge is 0.253 e. The molecule has 0 saturated carbocycles. The van der Waals surface area contributed by atoms with Gasteiger partial charge in [-0.1, -0.05) is 42.5 Å². The first kappa shape index (κ1) is 14.0. The van der Waals surface area contributed by atoms with E-state index in [1.165, 1.54) is 0 Å². The van der Waals surface area contributed by atoms with Crippen molar-refractivity contribution in [2.75, 3.05) is 7.05 Å². The molecule has 0 bridgehead atoms. The van der Waals surface area contributed by atoms with Crippen molar-refractivity contribution < 1.29 is 9.59 Å². The maximum absolute atomic E-state index is 12.3. The summed E-state index contributed by atoms with van der Waals surface area (Å²) in [6.45, 7) is 0.579. The second-order valence-corrected chi connectivity index (χ2v) is 4.71. The Kier molecular flexibility index (Phi) is 4.66. The van der Waals surface area contributed by atoms with Crippen LogP contribution in [0.3, 0.4) is 0 Å². The maximum Gasteiger partial charge on any atom is 0.253 e. The molecular weight excluding hydrogens is 250 g/mol. The number of rotatable bonds is 5. The lowest BCUT2D eigenvalue weighted by atomic mass is 10.1. The van der Waals surface area contributed by atoms with Crippen LogP contribution in [0.25, 0.3) is 0 Å². The van der Waals surface area contributed by atoms with Gasteiger partial charge in [0.2, 0.25) is 0 Å². The van der Waals surface area contributed by atoms with Gasteiger partial charge in [-0.2, -0.15) is 0 Å². The van der Waals surface area contributed by atoms with Gasteiger partial charge in [0.15, 0.2) is 0 Å². The molecule has 2 aromatic carbocycles. The molecule has 0 atom stereocenters. The highest BCUT2D eigenvalue weighted by molar-refractivity contribution is 5.94. The van der Waals surface area contributed by atoms with Crippen LogP contribution < -0.4 is 0 Å². The molecule has 0 radical (unpaired) electrons. The average molecular weight is 267 g/mol. The molecule has 0 N–H and O–H groups in total. The number of amides is 1. The van der Waals surface area contributed by atoms with Crippen LogP contribution in [0.15, 0.2) is 54.6 Å². The molecule has 2 rings (SSSR count). The van der Waals surface area contributed by atoms with E-state index < -0.39 is 0 Å². The third-order valence-corrected chi connectivity index (χ3v) is 3.13. The van der Waals surface area contributed by atoms with Gasteiger partial charge in [0, 0.05) is 25.6 Å². The van der Waals surface area contributed by atoms with Crippen molar-refractivity contribution in [2.24, 2.45) is 0 Å². The predicted molar refractivity (Wildman–Crippen MR) is 78.4 cm³/mol. The van der Waals surface area contributed by atoms with Gasteiger partial charge in [-0.25, -0.2) is 0 Å². The monoisotopic (exact) mass is 267 g/mol. The third-order valence-electron chi connectivity index (χ3n) is 3.13. The number of aldehydes is 1. The third kappa shape index (κ3) is 3.54. The van der Waals surface area contributed by atoms with Crippen LogP contribution in [0.2, 0.25) is 0 Å². The van der Waals surface area contributed by atoms with Crippen molar-refractivity contribution in [3.05, 3.63) is 71.3 Å². The van der Waals surface area contributed by atoms with Crippen molar-refractivity contribution in [1.82, 2.24) is 4.90 Å². The normalized spacial score (nSPS) is 10.1. The molecule has 0 spiro atoms. The van der Waals surface area contributed by atoms with Gasteiger partial charge in [-0.05, 0) is 23.3 Å². The molecule has 0 fully saturated rings. The van der Waals surface area contributed by atoms with E-state index >= 15 is 0 Å². The topological polar surface area (TPSA) is 37.4 Å². The predicted octanol–water partition coefficient (Wildman–Crippen LogP) is 2.70. The lowest BCUT2D eigenvalue weighted by Crippen LogP contribution is -2.26. The van der Waals surface area contributed by atoms with Crippen LogP contribution in [-0.4, -0.2) is 24.1 Å². The molecule has 1 amide bonds. The summed E-state index contributed by atoms with van der Waals surface area (Å²) in [7, 11) is 1.79. The molecule has 3 heteroatoms. The fourth-order valence-corrected chi connectivity index (χ4v) is 2.03. The molecule has 0 aliphatic rings. The van der Waals surface area contributed by atoms with Crippen LogP contribution in [0.1, 0.15) is 21.5 Å². The molecule has 2 aromatic rings. The van der Waals surface area contributed by atoms with E-state index in [1.807, 2.05) is 42.5 Å². The number of nitrogens with zero attached hydrogens (tertiary/aromatic N) is 1. The minimum absolute atomic E-state index is 0.0218. The van der Waals surface area contributed by atoms with Crippen molar-refractivity contribution in [3.63, 3.8) is 0 Å². The van der Waals surface area contributed by atoms with Gasteiger partial charge in [0.25, 0.3) is 5.91 Å². The van der Waals surface area contributed by atoms with Crippen LogP contribution in [0, 0.1) is 0 Å². The Bertz CT molecular complexity index is 576. The van der Waals surface area contributed by atoms with Gasteiger partial charge >= 0.3 is 0 Å². The molecule has 102 valence electrons. The zero-order chi connectivity index (χ0) is 14.4. The first-order valence-corrected chi connectivity index (χ1v) is 6.52. The van der Waals surface area contributed by atoms with Gasteiger partial charge in [0.1, 0.15) is 6.29 Å². The highest BCUT2D eigenvalue weighted by Crippen LogP contribution is 2.10. The van der Waals surface area contributed by atoms with Crippen LogP contribution in [0.5, 0.6) is 0 Å². The molecule has 0 unspecified atom stereocenters. The van der Waals surface area contributed by atoms with E-state index in [1.54, 1.807) is 24.1 Å². The Balaban J connectivity index is 2.04. The van der Waals surface area contributed by atoms with E-state index in [-0.39, 0.29) is 5.91 Å². The SMILES string of the molecule is CN(Cc1ccccc1)C(=O)c1ccc(CC=O)cc1. The first-order valence-electron chi connectivity index (χ1n) is 6.52. The Morgan fingerprint density at radius 3 is 2.25 bits per heavy atom. The van der Waals surface area contributed by atoms with Crippen molar-refractivity contribution in [3.8, 4) is 0 Å². The molecule has 0 aliphatic heterocycles. The van der Waals surface area contributed by atoms with Crippen LogP contribution >= 0.6 is 0 Å². The Hall–Kier alpha value is -2.42. The van der Waals surface area contributed by atoms with E-state index in [0.29, 0.717) is 18.5 Å². The number of carbonyl (C=O) groups excluding carboxylic acids is 2. The lowest BCUT2D eigenvalue weighted by molar-refractivity contribution is -0.107. The molecule has 0 aliphatic carbocycles. The zero-order valence-corrected chi connectivity index (χ0v) is 11.5. The Labute approximate surface area is 118 Å². The quantitative estimate of drug-likeness (QED) is 0.781. The lowest BCUT2D eigenvalue weighted by Gasteiger charge is -2.17. The van der Waals surface area contributed by atoms with E-state index in [9.17, 15) is 9.59 Å². The number of hydrogen-bond donors (Lipinski definition) is 0. The average Bonchev–Trinajstić information content (AvgIpc) is 2.48. The first-order chi connectivity index (χ1) is 9.70. The maximum atomic E-state index is 12.3. The molecule has 0 heterocycles. The summed E-state index contributed by atoms with van der Waals surface area (Å²) in [4.78, 5) is 24.4. The number of carbonyl (C=O) groups is 2. The minimum atomic E-state index is -0.0218. The van der Waals surface area contributed by atoms with Crippen molar-refractivity contribution in [1.29, 1.82) is 0 Å². The van der Waals surface area contributed by atoms with Crippen LogP contribution in [0.4, 0.5) is 0 Å². The van der Waals surface area contributed by atoms with Crippen LogP contribution in [-0.2, 0) is 17.8 Å². The summed E-state index contributed by atoms with van der Waals surface area (Å²) in [6.07, 6.45) is 1.24. The summed E-state index contributed by atoms with van der Waals surface area (Å²) >= 11 is 0. The molecule has 0 saturated heterocycles.